The van der Waals surface area contributed by atoms with Crippen LogP contribution in [0, 0.1) is 11.3 Å². The fourth-order valence-corrected chi connectivity index (χ4v) is 1.34. The van der Waals surface area contributed by atoms with Gasteiger partial charge in [-0.1, -0.05) is 12.1 Å². The molecule has 0 amide bonds. The molecule has 0 aliphatic heterocycles. The molecular formula is C9H10N2O2S. The van der Waals surface area contributed by atoms with Crippen molar-refractivity contribution in [2.45, 2.75) is 6.54 Å². The Balaban J connectivity index is 2.67. The van der Waals surface area contributed by atoms with Crippen LogP contribution in [-0.2, 0) is 16.6 Å². The van der Waals surface area contributed by atoms with E-state index in [0.717, 1.165) is 11.8 Å². The Labute approximate surface area is 83.2 Å². The summed E-state index contributed by atoms with van der Waals surface area (Å²) in [6.45, 7) is 0.255. The van der Waals surface area contributed by atoms with Crippen LogP contribution in [0.3, 0.4) is 0 Å². The molecule has 1 aromatic carbocycles. The number of nitrogens with one attached hydrogen (secondary N) is 1. The first kappa shape index (κ1) is 10.7. The van der Waals surface area contributed by atoms with Crippen molar-refractivity contribution in [1.82, 2.24) is 4.72 Å². The molecule has 74 valence electrons. The molecule has 0 heterocycles. The predicted molar refractivity (Wildman–Crippen MR) is 52.8 cm³/mol. The number of hydrogen-bond acceptors (Lipinski definition) is 3. The van der Waals surface area contributed by atoms with E-state index in [1.165, 1.54) is 0 Å². The lowest BCUT2D eigenvalue weighted by molar-refractivity contribution is 0.587. The van der Waals surface area contributed by atoms with Crippen molar-refractivity contribution >= 4 is 10.0 Å². The van der Waals surface area contributed by atoms with Crippen LogP contribution in [0.2, 0.25) is 0 Å². The number of rotatable bonds is 3. The molecule has 0 fully saturated rings. The minimum Gasteiger partial charge on any atom is -0.213 e. The van der Waals surface area contributed by atoms with Crippen LogP contribution in [0.5, 0.6) is 0 Å². The van der Waals surface area contributed by atoms with E-state index in [4.69, 9.17) is 5.26 Å². The Kier molecular flexibility index (Phi) is 3.23. The molecule has 0 spiro atoms. The molecule has 0 aromatic heterocycles. The summed E-state index contributed by atoms with van der Waals surface area (Å²) >= 11 is 0. The molecule has 0 aliphatic rings. The van der Waals surface area contributed by atoms with Gasteiger partial charge in [-0.25, -0.2) is 13.1 Å². The summed E-state index contributed by atoms with van der Waals surface area (Å²) in [5, 5.41) is 8.53. The normalized spacial score (nSPS) is 10.9. The summed E-state index contributed by atoms with van der Waals surface area (Å²) in [5.74, 6) is 0. The van der Waals surface area contributed by atoms with E-state index in [-0.39, 0.29) is 6.54 Å². The van der Waals surface area contributed by atoms with Crippen molar-refractivity contribution in [3.63, 3.8) is 0 Å². The van der Waals surface area contributed by atoms with Crippen LogP contribution >= 0.6 is 0 Å². The molecule has 0 atom stereocenters. The van der Waals surface area contributed by atoms with Gasteiger partial charge in [0, 0.05) is 6.54 Å². The Bertz CT molecular complexity index is 443. The molecule has 0 unspecified atom stereocenters. The Morgan fingerprint density at radius 3 is 2.36 bits per heavy atom. The lowest BCUT2D eigenvalue weighted by Gasteiger charge is -2.01. The van der Waals surface area contributed by atoms with Crippen LogP contribution in [-0.4, -0.2) is 14.7 Å². The summed E-state index contributed by atoms with van der Waals surface area (Å²) in [6.07, 6.45) is 1.11. The fraction of sp³-hybridized carbons (Fsp3) is 0.222. The minimum absolute atomic E-state index is 0.255. The van der Waals surface area contributed by atoms with Crippen LogP contribution < -0.4 is 4.72 Å². The summed E-state index contributed by atoms with van der Waals surface area (Å²) < 4.78 is 23.9. The van der Waals surface area contributed by atoms with Crippen LogP contribution in [0.25, 0.3) is 0 Å². The molecular weight excluding hydrogens is 200 g/mol. The summed E-state index contributed by atoms with van der Waals surface area (Å²) in [7, 11) is -3.15. The van der Waals surface area contributed by atoms with Crippen molar-refractivity contribution in [2.75, 3.05) is 6.26 Å². The van der Waals surface area contributed by atoms with Gasteiger partial charge < -0.3 is 0 Å². The molecule has 0 saturated carbocycles. The highest BCUT2D eigenvalue weighted by Crippen LogP contribution is 2.02. The third-order valence-corrected chi connectivity index (χ3v) is 2.29. The number of nitriles is 1. The zero-order chi connectivity index (χ0) is 10.6. The monoisotopic (exact) mass is 210 g/mol. The number of sulfonamides is 1. The fourth-order valence-electron chi connectivity index (χ4n) is 0.912. The van der Waals surface area contributed by atoms with Crippen molar-refractivity contribution in [2.24, 2.45) is 0 Å². The van der Waals surface area contributed by atoms with Gasteiger partial charge in [-0.3, -0.25) is 0 Å². The molecule has 1 aromatic rings. The van der Waals surface area contributed by atoms with Crippen molar-refractivity contribution in [3.8, 4) is 6.07 Å². The van der Waals surface area contributed by atoms with E-state index in [1.807, 2.05) is 6.07 Å². The largest absolute Gasteiger partial charge is 0.213 e. The SMILES string of the molecule is CS(=O)(=O)NCc1ccc(C#N)cc1. The molecule has 1 N–H and O–H groups in total. The van der Waals surface area contributed by atoms with E-state index in [0.29, 0.717) is 5.56 Å². The molecule has 0 radical (unpaired) electrons. The molecule has 5 heteroatoms. The molecule has 1 rings (SSSR count). The highest BCUT2D eigenvalue weighted by molar-refractivity contribution is 7.88. The van der Waals surface area contributed by atoms with Gasteiger partial charge in [0.1, 0.15) is 0 Å². The van der Waals surface area contributed by atoms with Crippen molar-refractivity contribution < 1.29 is 8.42 Å². The van der Waals surface area contributed by atoms with Gasteiger partial charge in [-0.15, -0.1) is 0 Å². The standard InChI is InChI=1S/C9H10N2O2S/c1-14(12,13)11-7-9-4-2-8(6-10)3-5-9/h2-5,11H,7H2,1H3. The molecule has 0 saturated heterocycles. The predicted octanol–water partition coefficient (Wildman–Crippen LogP) is 0.607. The average Bonchev–Trinajstić information content (AvgIpc) is 2.14. The Morgan fingerprint density at radius 2 is 1.93 bits per heavy atom. The van der Waals surface area contributed by atoms with Crippen LogP contribution in [0.4, 0.5) is 0 Å². The summed E-state index contributed by atoms with van der Waals surface area (Å²) in [6, 6.07) is 8.73. The van der Waals surface area contributed by atoms with Crippen LogP contribution in [0.15, 0.2) is 24.3 Å². The summed E-state index contributed by atoms with van der Waals surface area (Å²) in [4.78, 5) is 0. The minimum atomic E-state index is -3.15. The maximum atomic E-state index is 10.8. The number of hydrogen-bond donors (Lipinski definition) is 1. The highest BCUT2D eigenvalue weighted by Gasteiger charge is 2.00. The molecule has 14 heavy (non-hydrogen) atoms. The van der Waals surface area contributed by atoms with Crippen molar-refractivity contribution in [3.05, 3.63) is 35.4 Å². The van der Waals surface area contributed by atoms with E-state index in [2.05, 4.69) is 4.72 Å². The van der Waals surface area contributed by atoms with Gasteiger partial charge in [-0.05, 0) is 17.7 Å². The lowest BCUT2D eigenvalue weighted by atomic mass is 10.1. The zero-order valence-electron chi connectivity index (χ0n) is 7.69. The first-order valence-corrected chi connectivity index (χ1v) is 5.84. The average molecular weight is 210 g/mol. The van der Waals surface area contributed by atoms with E-state index >= 15 is 0 Å². The smallest absolute Gasteiger partial charge is 0.209 e. The van der Waals surface area contributed by atoms with Gasteiger partial charge in [0.05, 0.1) is 17.9 Å². The second kappa shape index (κ2) is 4.22. The summed E-state index contributed by atoms with van der Waals surface area (Å²) in [5.41, 5.74) is 1.39. The Morgan fingerprint density at radius 1 is 1.36 bits per heavy atom. The quantitative estimate of drug-likeness (QED) is 0.794. The van der Waals surface area contributed by atoms with Crippen LogP contribution in [0.1, 0.15) is 11.1 Å². The molecule has 0 aliphatic carbocycles. The molecule has 4 nitrogen and oxygen atoms in total. The number of benzene rings is 1. The topological polar surface area (TPSA) is 70.0 Å². The van der Waals surface area contributed by atoms with Gasteiger partial charge in [0.15, 0.2) is 0 Å². The highest BCUT2D eigenvalue weighted by atomic mass is 32.2. The lowest BCUT2D eigenvalue weighted by Crippen LogP contribution is -2.21. The second-order valence-electron chi connectivity index (χ2n) is 2.90. The molecule has 0 bridgehead atoms. The van der Waals surface area contributed by atoms with Gasteiger partial charge in [0.2, 0.25) is 10.0 Å². The van der Waals surface area contributed by atoms with E-state index in [9.17, 15) is 8.42 Å². The third-order valence-electron chi connectivity index (χ3n) is 1.62. The first-order chi connectivity index (χ1) is 6.51. The maximum Gasteiger partial charge on any atom is 0.209 e. The van der Waals surface area contributed by atoms with Crippen molar-refractivity contribution in [1.29, 1.82) is 5.26 Å². The first-order valence-electron chi connectivity index (χ1n) is 3.95. The van der Waals surface area contributed by atoms with Gasteiger partial charge in [0.25, 0.3) is 0 Å². The Hall–Kier alpha value is -1.38. The van der Waals surface area contributed by atoms with Gasteiger partial charge in [-0.2, -0.15) is 5.26 Å². The van der Waals surface area contributed by atoms with E-state index in [1.54, 1.807) is 24.3 Å². The second-order valence-corrected chi connectivity index (χ2v) is 4.74. The van der Waals surface area contributed by atoms with E-state index < -0.39 is 10.0 Å². The maximum absolute atomic E-state index is 10.8. The zero-order valence-corrected chi connectivity index (χ0v) is 8.50. The number of nitrogens with zero attached hydrogens (tertiary/aromatic N) is 1. The van der Waals surface area contributed by atoms with Gasteiger partial charge >= 0.3 is 0 Å². The third kappa shape index (κ3) is 3.56.